The second kappa shape index (κ2) is 7.23. The summed E-state index contributed by atoms with van der Waals surface area (Å²) in [5.74, 6) is 0.525. The number of fused-ring (bicyclic) bond motifs is 1. The molecule has 0 radical (unpaired) electrons. The summed E-state index contributed by atoms with van der Waals surface area (Å²) in [6.45, 7) is 3.94. The number of halogens is 1. The molecule has 0 atom stereocenters. The number of ether oxygens (including phenoxy) is 1. The van der Waals surface area contributed by atoms with E-state index in [1.807, 2.05) is 22.9 Å². The van der Waals surface area contributed by atoms with E-state index in [1.54, 1.807) is 12.1 Å². The minimum absolute atomic E-state index is 0.217. The highest BCUT2D eigenvalue weighted by Gasteiger charge is 2.20. The predicted octanol–water partition coefficient (Wildman–Crippen LogP) is 3.72. The van der Waals surface area contributed by atoms with Crippen molar-refractivity contribution >= 4 is 10.9 Å². The van der Waals surface area contributed by atoms with Crippen LogP contribution in [-0.4, -0.2) is 40.4 Å². The summed E-state index contributed by atoms with van der Waals surface area (Å²) in [6.07, 6.45) is 4.32. The lowest BCUT2D eigenvalue weighted by Gasteiger charge is -2.32. The zero-order chi connectivity index (χ0) is 17.1. The summed E-state index contributed by atoms with van der Waals surface area (Å²) in [5, 5.41) is 5.80. The fraction of sp³-hybridized carbons (Fsp3) is 0.350. The van der Waals surface area contributed by atoms with E-state index in [0.29, 0.717) is 0 Å². The highest BCUT2D eigenvalue weighted by Crippen LogP contribution is 2.19. The van der Waals surface area contributed by atoms with Crippen LogP contribution in [0, 0.1) is 5.82 Å². The van der Waals surface area contributed by atoms with Gasteiger partial charge in [-0.25, -0.2) is 4.39 Å². The molecule has 0 aliphatic carbocycles. The van der Waals surface area contributed by atoms with Crippen molar-refractivity contribution in [2.24, 2.45) is 0 Å². The highest BCUT2D eigenvalue weighted by molar-refractivity contribution is 5.77. The van der Waals surface area contributed by atoms with Gasteiger partial charge in [0.1, 0.15) is 17.7 Å². The Hall–Kier alpha value is -2.40. The average molecular weight is 339 g/mol. The second-order valence-corrected chi connectivity index (χ2v) is 6.56. The number of piperidine rings is 1. The van der Waals surface area contributed by atoms with Crippen molar-refractivity contribution in [3.05, 3.63) is 60.5 Å². The van der Waals surface area contributed by atoms with Gasteiger partial charge in [-0.2, -0.15) is 5.10 Å². The molecule has 4 nitrogen and oxygen atoms in total. The van der Waals surface area contributed by atoms with Gasteiger partial charge < -0.3 is 9.64 Å². The van der Waals surface area contributed by atoms with Crippen molar-refractivity contribution in [2.75, 3.05) is 19.6 Å². The van der Waals surface area contributed by atoms with E-state index >= 15 is 0 Å². The maximum absolute atomic E-state index is 12.9. The standard InChI is InChI=1S/C20H22FN3O/c21-17-5-7-18(8-6-17)25-19-9-11-23(12-10-19)13-14-24-15-16-3-1-2-4-20(16)22-24/h1-8,15,19H,9-14H2. The lowest BCUT2D eigenvalue weighted by Crippen LogP contribution is -2.39. The van der Waals surface area contributed by atoms with Crippen LogP contribution in [0.15, 0.2) is 54.7 Å². The maximum Gasteiger partial charge on any atom is 0.123 e. The van der Waals surface area contributed by atoms with E-state index < -0.39 is 0 Å². The van der Waals surface area contributed by atoms with Crippen LogP contribution in [0.1, 0.15) is 12.8 Å². The van der Waals surface area contributed by atoms with Crippen LogP contribution >= 0.6 is 0 Å². The normalized spacial score (nSPS) is 16.4. The molecule has 1 aromatic heterocycles. The van der Waals surface area contributed by atoms with Gasteiger partial charge in [0.15, 0.2) is 0 Å². The summed E-state index contributed by atoms with van der Waals surface area (Å²) in [7, 11) is 0. The first-order valence-corrected chi connectivity index (χ1v) is 8.83. The van der Waals surface area contributed by atoms with Crippen molar-refractivity contribution < 1.29 is 9.13 Å². The zero-order valence-electron chi connectivity index (χ0n) is 14.1. The van der Waals surface area contributed by atoms with Gasteiger partial charge in [0.05, 0.1) is 12.1 Å². The Balaban J connectivity index is 1.25. The molecule has 130 valence electrons. The van der Waals surface area contributed by atoms with Crippen LogP contribution in [0.4, 0.5) is 4.39 Å². The summed E-state index contributed by atoms with van der Waals surface area (Å²) < 4.78 is 20.9. The van der Waals surface area contributed by atoms with E-state index in [4.69, 9.17) is 4.74 Å². The van der Waals surface area contributed by atoms with Gasteiger partial charge in [0.2, 0.25) is 0 Å². The summed E-state index contributed by atoms with van der Waals surface area (Å²) >= 11 is 0. The molecule has 4 rings (SSSR count). The third-order valence-electron chi connectivity index (χ3n) is 4.76. The maximum atomic E-state index is 12.9. The van der Waals surface area contributed by atoms with E-state index in [2.05, 4.69) is 22.3 Å². The molecule has 1 aliphatic rings. The van der Waals surface area contributed by atoms with Gasteiger partial charge in [-0.05, 0) is 43.2 Å². The molecule has 2 heterocycles. The van der Waals surface area contributed by atoms with Crippen molar-refractivity contribution in [1.82, 2.24) is 14.7 Å². The Bertz CT molecular complexity index is 789. The average Bonchev–Trinajstić information content (AvgIpc) is 3.06. The van der Waals surface area contributed by atoms with Crippen LogP contribution in [0.5, 0.6) is 5.75 Å². The molecule has 3 aromatic rings. The Morgan fingerprint density at radius 1 is 1.00 bits per heavy atom. The summed E-state index contributed by atoms with van der Waals surface area (Å²) in [4.78, 5) is 2.46. The molecule has 1 saturated heterocycles. The van der Waals surface area contributed by atoms with E-state index in [9.17, 15) is 4.39 Å². The topological polar surface area (TPSA) is 30.3 Å². The number of nitrogens with zero attached hydrogens (tertiary/aromatic N) is 3. The minimum Gasteiger partial charge on any atom is -0.490 e. The molecule has 0 amide bonds. The Morgan fingerprint density at radius 3 is 2.52 bits per heavy atom. The molecule has 0 N–H and O–H groups in total. The molecule has 25 heavy (non-hydrogen) atoms. The SMILES string of the molecule is Fc1ccc(OC2CCN(CCn3cc4ccccc4n3)CC2)cc1. The van der Waals surface area contributed by atoms with Crippen LogP contribution < -0.4 is 4.74 Å². The molecule has 2 aromatic carbocycles. The molecule has 5 heteroatoms. The van der Waals surface area contributed by atoms with E-state index in [1.165, 1.54) is 17.5 Å². The van der Waals surface area contributed by atoms with Crippen LogP contribution in [0.25, 0.3) is 10.9 Å². The van der Waals surface area contributed by atoms with Gasteiger partial charge in [-0.15, -0.1) is 0 Å². The van der Waals surface area contributed by atoms with Gasteiger partial charge in [-0.3, -0.25) is 4.68 Å². The Labute approximate surface area is 146 Å². The molecule has 0 spiro atoms. The minimum atomic E-state index is -0.228. The summed E-state index contributed by atoms with van der Waals surface area (Å²) in [5.41, 5.74) is 1.05. The predicted molar refractivity (Wildman–Crippen MR) is 96.2 cm³/mol. The second-order valence-electron chi connectivity index (χ2n) is 6.56. The first-order chi connectivity index (χ1) is 12.3. The number of aromatic nitrogens is 2. The fourth-order valence-electron chi connectivity index (χ4n) is 3.33. The van der Waals surface area contributed by atoms with Gasteiger partial charge in [0.25, 0.3) is 0 Å². The van der Waals surface area contributed by atoms with Crippen LogP contribution in [-0.2, 0) is 6.54 Å². The smallest absolute Gasteiger partial charge is 0.123 e. The Morgan fingerprint density at radius 2 is 1.76 bits per heavy atom. The van der Waals surface area contributed by atoms with Crippen LogP contribution in [0.2, 0.25) is 0 Å². The summed E-state index contributed by atoms with van der Waals surface area (Å²) in [6, 6.07) is 14.5. The monoisotopic (exact) mass is 339 g/mol. The third-order valence-corrected chi connectivity index (χ3v) is 4.76. The first-order valence-electron chi connectivity index (χ1n) is 8.83. The van der Waals surface area contributed by atoms with Gasteiger partial charge in [-0.1, -0.05) is 18.2 Å². The van der Waals surface area contributed by atoms with Crippen molar-refractivity contribution in [3.8, 4) is 5.75 Å². The van der Waals surface area contributed by atoms with Gasteiger partial charge >= 0.3 is 0 Å². The van der Waals surface area contributed by atoms with E-state index in [0.717, 1.165) is 50.3 Å². The highest BCUT2D eigenvalue weighted by atomic mass is 19.1. The number of likely N-dealkylation sites (tertiary alicyclic amines) is 1. The largest absolute Gasteiger partial charge is 0.490 e. The van der Waals surface area contributed by atoms with Crippen molar-refractivity contribution in [2.45, 2.75) is 25.5 Å². The molecule has 1 aliphatic heterocycles. The molecule has 1 fully saturated rings. The Kier molecular flexibility index (Phi) is 4.65. The molecule has 0 bridgehead atoms. The van der Waals surface area contributed by atoms with E-state index in [-0.39, 0.29) is 11.9 Å². The number of benzene rings is 2. The van der Waals surface area contributed by atoms with Crippen molar-refractivity contribution in [3.63, 3.8) is 0 Å². The molecule has 0 saturated carbocycles. The van der Waals surface area contributed by atoms with Gasteiger partial charge in [0, 0.05) is 31.2 Å². The molecular formula is C20H22FN3O. The zero-order valence-corrected chi connectivity index (χ0v) is 14.1. The first kappa shape index (κ1) is 16.1. The quantitative estimate of drug-likeness (QED) is 0.710. The molecular weight excluding hydrogens is 317 g/mol. The lowest BCUT2D eigenvalue weighted by molar-refractivity contribution is 0.0979. The third kappa shape index (κ3) is 3.99. The fourth-order valence-corrected chi connectivity index (χ4v) is 3.33. The lowest BCUT2D eigenvalue weighted by atomic mass is 10.1. The number of rotatable bonds is 5. The number of hydrogen-bond acceptors (Lipinski definition) is 3. The molecule has 0 unspecified atom stereocenters. The number of hydrogen-bond donors (Lipinski definition) is 0. The van der Waals surface area contributed by atoms with Crippen molar-refractivity contribution in [1.29, 1.82) is 0 Å². The van der Waals surface area contributed by atoms with Crippen LogP contribution in [0.3, 0.4) is 0 Å².